The summed E-state index contributed by atoms with van der Waals surface area (Å²) in [6, 6.07) is 8.22. The molecule has 1 aromatic carbocycles. The summed E-state index contributed by atoms with van der Waals surface area (Å²) in [4.78, 5) is 9.58. The van der Waals surface area contributed by atoms with E-state index in [2.05, 4.69) is 38.8 Å². The van der Waals surface area contributed by atoms with Gasteiger partial charge in [0.15, 0.2) is 0 Å². The zero-order valence-corrected chi connectivity index (χ0v) is 15.0. The number of halogens is 1. The molecule has 0 atom stereocenters. The Balaban J connectivity index is 1.87. The zero-order valence-electron chi connectivity index (χ0n) is 13.4. The fraction of sp³-hybridized carbons (Fsp3) is 0.188. The van der Waals surface area contributed by atoms with Crippen molar-refractivity contribution in [3.8, 4) is 11.6 Å². The van der Waals surface area contributed by atoms with Crippen LogP contribution in [0.3, 0.4) is 0 Å². The predicted octanol–water partition coefficient (Wildman–Crippen LogP) is 4.10. The van der Waals surface area contributed by atoms with Crippen LogP contribution in [0, 0.1) is 6.92 Å². The Morgan fingerprint density at radius 2 is 1.96 bits per heavy atom. The molecule has 3 aromatic rings. The number of thioether (sulfide) groups is 1. The van der Waals surface area contributed by atoms with E-state index in [4.69, 9.17) is 16.3 Å². The van der Waals surface area contributed by atoms with E-state index in [9.17, 15) is 0 Å². The lowest BCUT2D eigenvalue weighted by molar-refractivity contribution is 0.398. The molecule has 0 aliphatic heterocycles. The Bertz CT molecular complexity index is 850. The van der Waals surface area contributed by atoms with Crippen LogP contribution in [0.15, 0.2) is 41.6 Å². The Kier molecular flexibility index (Phi) is 4.92. The fourth-order valence-corrected chi connectivity index (χ4v) is 2.77. The summed E-state index contributed by atoms with van der Waals surface area (Å²) in [6.07, 6.45) is 5.29. The SMILES string of the molecule is COc1nc(Nc2cnn(-c3ccc(SC)cc3)c2C)ncc1Cl. The van der Waals surface area contributed by atoms with Crippen LogP contribution < -0.4 is 10.1 Å². The molecule has 0 aliphatic rings. The molecule has 0 amide bonds. The molecule has 0 unspecified atom stereocenters. The van der Waals surface area contributed by atoms with Gasteiger partial charge in [-0.2, -0.15) is 10.1 Å². The minimum atomic E-state index is 0.326. The summed E-state index contributed by atoms with van der Waals surface area (Å²) >= 11 is 7.65. The Morgan fingerprint density at radius 3 is 2.62 bits per heavy atom. The summed E-state index contributed by atoms with van der Waals surface area (Å²) in [6.45, 7) is 1.98. The van der Waals surface area contributed by atoms with Crippen LogP contribution in [0.5, 0.6) is 5.88 Å². The normalized spacial score (nSPS) is 10.7. The van der Waals surface area contributed by atoms with E-state index >= 15 is 0 Å². The maximum atomic E-state index is 5.94. The lowest BCUT2D eigenvalue weighted by atomic mass is 10.3. The predicted molar refractivity (Wildman–Crippen MR) is 97.0 cm³/mol. The van der Waals surface area contributed by atoms with Gasteiger partial charge in [0.1, 0.15) is 5.02 Å². The summed E-state index contributed by atoms with van der Waals surface area (Å²) in [5.41, 5.74) is 2.76. The van der Waals surface area contributed by atoms with Crippen LogP contribution in [0.4, 0.5) is 11.6 Å². The highest BCUT2D eigenvalue weighted by molar-refractivity contribution is 7.98. The molecular formula is C16H16ClN5OS. The first-order valence-corrected chi connectivity index (χ1v) is 8.75. The van der Waals surface area contributed by atoms with Gasteiger partial charge in [0, 0.05) is 4.90 Å². The number of methoxy groups -OCH3 is 1. The highest BCUT2D eigenvalue weighted by Gasteiger charge is 2.11. The number of nitrogens with one attached hydrogen (secondary N) is 1. The van der Waals surface area contributed by atoms with Crippen LogP contribution in [0.1, 0.15) is 5.69 Å². The number of benzene rings is 1. The molecule has 6 nitrogen and oxygen atoms in total. The van der Waals surface area contributed by atoms with Gasteiger partial charge in [-0.3, -0.25) is 0 Å². The highest BCUT2D eigenvalue weighted by Crippen LogP contribution is 2.25. The van der Waals surface area contributed by atoms with Crippen molar-refractivity contribution >= 4 is 35.0 Å². The molecule has 2 heterocycles. The number of anilines is 2. The maximum Gasteiger partial charge on any atom is 0.237 e. The third-order valence-corrected chi connectivity index (χ3v) is 4.48. The minimum absolute atomic E-state index is 0.326. The molecule has 0 radical (unpaired) electrons. The smallest absolute Gasteiger partial charge is 0.237 e. The summed E-state index contributed by atoms with van der Waals surface area (Å²) in [7, 11) is 1.51. The van der Waals surface area contributed by atoms with Gasteiger partial charge >= 0.3 is 0 Å². The van der Waals surface area contributed by atoms with Crippen molar-refractivity contribution in [3.05, 3.63) is 47.4 Å². The Hall–Kier alpha value is -2.25. The molecule has 8 heteroatoms. The molecule has 0 saturated heterocycles. The first-order valence-electron chi connectivity index (χ1n) is 7.15. The topological polar surface area (TPSA) is 64.9 Å². The van der Waals surface area contributed by atoms with Crippen LogP contribution >= 0.6 is 23.4 Å². The van der Waals surface area contributed by atoms with Crippen molar-refractivity contribution in [1.29, 1.82) is 0 Å². The van der Waals surface area contributed by atoms with Crippen LogP contribution in [0.2, 0.25) is 5.02 Å². The van der Waals surface area contributed by atoms with E-state index in [1.807, 2.05) is 23.7 Å². The Morgan fingerprint density at radius 1 is 1.21 bits per heavy atom. The second-order valence-electron chi connectivity index (χ2n) is 4.93. The van der Waals surface area contributed by atoms with Crippen LogP contribution in [0.25, 0.3) is 5.69 Å². The monoisotopic (exact) mass is 361 g/mol. The van der Waals surface area contributed by atoms with E-state index in [1.54, 1.807) is 18.0 Å². The van der Waals surface area contributed by atoms with E-state index in [0.29, 0.717) is 16.9 Å². The molecule has 24 heavy (non-hydrogen) atoms. The third kappa shape index (κ3) is 3.32. The quantitative estimate of drug-likeness (QED) is 0.690. The number of ether oxygens (including phenoxy) is 1. The minimum Gasteiger partial charge on any atom is -0.480 e. The summed E-state index contributed by atoms with van der Waals surface area (Å²) in [5, 5.41) is 7.94. The molecular weight excluding hydrogens is 346 g/mol. The van der Waals surface area contributed by atoms with Gasteiger partial charge in [-0.15, -0.1) is 11.8 Å². The molecule has 0 spiro atoms. The lowest BCUT2D eigenvalue weighted by Gasteiger charge is -2.08. The zero-order chi connectivity index (χ0) is 17.1. The second-order valence-corrected chi connectivity index (χ2v) is 6.22. The Labute approximate surface area is 149 Å². The second kappa shape index (κ2) is 7.11. The summed E-state index contributed by atoms with van der Waals surface area (Å²) < 4.78 is 6.96. The third-order valence-electron chi connectivity index (χ3n) is 3.48. The standard InChI is InChI=1S/C16H16ClN5OS/c1-10-14(20-16-18-8-13(17)15(21-16)23-2)9-19-22(10)11-4-6-12(24-3)7-5-11/h4-9H,1-3H3,(H,18,20,21). The molecule has 0 saturated carbocycles. The van der Waals surface area contributed by atoms with Crippen molar-refractivity contribution in [2.45, 2.75) is 11.8 Å². The summed E-state index contributed by atoms with van der Waals surface area (Å²) in [5.74, 6) is 0.725. The molecule has 124 valence electrons. The van der Waals surface area contributed by atoms with Crippen molar-refractivity contribution in [2.75, 3.05) is 18.7 Å². The average Bonchev–Trinajstić information content (AvgIpc) is 2.97. The number of hydrogen-bond donors (Lipinski definition) is 1. The molecule has 1 N–H and O–H groups in total. The number of aromatic nitrogens is 4. The first kappa shape index (κ1) is 16.6. The number of nitrogens with zero attached hydrogens (tertiary/aromatic N) is 4. The largest absolute Gasteiger partial charge is 0.480 e. The van der Waals surface area contributed by atoms with Crippen molar-refractivity contribution in [2.24, 2.45) is 0 Å². The van der Waals surface area contributed by atoms with Crippen LogP contribution in [-0.4, -0.2) is 33.1 Å². The van der Waals surface area contributed by atoms with Gasteiger partial charge in [-0.05, 0) is 37.4 Å². The van der Waals surface area contributed by atoms with Gasteiger partial charge in [0.05, 0.1) is 36.6 Å². The van der Waals surface area contributed by atoms with E-state index in [1.165, 1.54) is 18.2 Å². The van der Waals surface area contributed by atoms with E-state index in [-0.39, 0.29) is 0 Å². The molecule has 0 bridgehead atoms. The molecule has 3 rings (SSSR count). The maximum absolute atomic E-state index is 5.94. The van der Waals surface area contributed by atoms with Crippen molar-refractivity contribution in [3.63, 3.8) is 0 Å². The fourth-order valence-electron chi connectivity index (χ4n) is 2.19. The first-order chi connectivity index (χ1) is 11.6. The van der Waals surface area contributed by atoms with Gasteiger partial charge < -0.3 is 10.1 Å². The number of rotatable bonds is 5. The van der Waals surface area contributed by atoms with Gasteiger partial charge in [-0.25, -0.2) is 9.67 Å². The van der Waals surface area contributed by atoms with E-state index < -0.39 is 0 Å². The number of hydrogen-bond acceptors (Lipinski definition) is 6. The van der Waals surface area contributed by atoms with Gasteiger partial charge in [0.25, 0.3) is 0 Å². The van der Waals surface area contributed by atoms with Gasteiger partial charge in [0.2, 0.25) is 11.8 Å². The van der Waals surface area contributed by atoms with Crippen molar-refractivity contribution < 1.29 is 4.74 Å². The van der Waals surface area contributed by atoms with Crippen LogP contribution in [-0.2, 0) is 0 Å². The molecule has 2 aromatic heterocycles. The van der Waals surface area contributed by atoms with E-state index in [0.717, 1.165) is 17.1 Å². The van der Waals surface area contributed by atoms with Gasteiger partial charge in [-0.1, -0.05) is 11.6 Å². The van der Waals surface area contributed by atoms with Crippen molar-refractivity contribution in [1.82, 2.24) is 19.7 Å². The molecule has 0 aliphatic carbocycles. The average molecular weight is 362 g/mol. The highest BCUT2D eigenvalue weighted by atomic mass is 35.5. The molecule has 0 fully saturated rings. The lowest BCUT2D eigenvalue weighted by Crippen LogP contribution is -2.02.